The molecule has 154 valence electrons. The van der Waals surface area contributed by atoms with Crippen LogP contribution in [0.5, 0.6) is 5.75 Å². The zero-order chi connectivity index (χ0) is 19.7. The minimum atomic E-state index is -0.0147. The molecule has 1 aliphatic carbocycles. The highest BCUT2D eigenvalue weighted by atomic mass is 16.5. The number of carbonyl (C=O) groups is 1. The van der Waals surface area contributed by atoms with Crippen molar-refractivity contribution >= 4 is 5.91 Å². The predicted octanol–water partition coefficient (Wildman–Crippen LogP) is 2.60. The maximum atomic E-state index is 12.2. The molecule has 28 heavy (non-hydrogen) atoms. The van der Waals surface area contributed by atoms with Crippen molar-refractivity contribution < 1.29 is 9.53 Å². The Kier molecular flexibility index (Phi) is 5.66. The van der Waals surface area contributed by atoms with Gasteiger partial charge in [0.2, 0.25) is 5.91 Å². The number of hydrogen-bond acceptors (Lipinski definition) is 4. The molecule has 2 aliphatic heterocycles. The van der Waals surface area contributed by atoms with Gasteiger partial charge in [-0.15, -0.1) is 0 Å². The first-order valence-electron chi connectivity index (χ1n) is 10.9. The summed E-state index contributed by atoms with van der Waals surface area (Å²) < 4.78 is 6.01. The molecular formula is C23H35N3O2. The van der Waals surface area contributed by atoms with E-state index in [0.29, 0.717) is 18.9 Å². The van der Waals surface area contributed by atoms with E-state index in [0.717, 1.165) is 55.1 Å². The first kappa shape index (κ1) is 19.7. The van der Waals surface area contributed by atoms with Crippen LogP contribution in [0.25, 0.3) is 0 Å². The molecule has 2 unspecified atom stereocenters. The van der Waals surface area contributed by atoms with Gasteiger partial charge in [0.1, 0.15) is 5.75 Å². The van der Waals surface area contributed by atoms with Gasteiger partial charge in [0.25, 0.3) is 0 Å². The summed E-state index contributed by atoms with van der Waals surface area (Å²) in [6.07, 6.45) is 6.30. The number of nitrogens with two attached hydrogens (primary N) is 1. The van der Waals surface area contributed by atoms with Gasteiger partial charge in [-0.1, -0.05) is 6.07 Å². The van der Waals surface area contributed by atoms with Gasteiger partial charge in [-0.3, -0.25) is 4.79 Å². The van der Waals surface area contributed by atoms with E-state index in [9.17, 15) is 4.79 Å². The van der Waals surface area contributed by atoms with E-state index in [1.54, 1.807) is 0 Å². The summed E-state index contributed by atoms with van der Waals surface area (Å²) in [5, 5.41) is 0. The molecule has 2 heterocycles. The number of piperidine rings is 1. The molecule has 2 N–H and O–H groups in total. The van der Waals surface area contributed by atoms with Crippen molar-refractivity contribution in [2.24, 2.45) is 17.6 Å². The van der Waals surface area contributed by atoms with Crippen molar-refractivity contribution in [3.63, 3.8) is 0 Å². The van der Waals surface area contributed by atoms with E-state index in [2.05, 4.69) is 24.9 Å². The van der Waals surface area contributed by atoms with Crippen molar-refractivity contribution in [3.8, 4) is 5.75 Å². The zero-order valence-electron chi connectivity index (χ0n) is 17.5. The number of aryl methyl sites for hydroxylation is 1. The normalized spacial score (nSPS) is 28.1. The molecule has 5 nitrogen and oxygen atoms in total. The smallest absolute Gasteiger partial charge is 0.227 e. The Labute approximate surface area is 169 Å². The Morgan fingerprint density at radius 1 is 1.25 bits per heavy atom. The molecule has 0 spiro atoms. The van der Waals surface area contributed by atoms with Gasteiger partial charge in [-0.25, -0.2) is 0 Å². The summed E-state index contributed by atoms with van der Waals surface area (Å²) >= 11 is 0. The third kappa shape index (κ3) is 4.36. The summed E-state index contributed by atoms with van der Waals surface area (Å²) in [6.45, 7) is 6.98. The lowest BCUT2D eigenvalue weighted by molar-refractivity contribution is -0.133. The number of ether oxygens (including phenoxy) is 1. The first-order valence-corrected chi connectivity index (χ1v) is 10.9. The topological polar surface area (TPSA) is 58.8 Å². The molecule has 1 aromatic rings. The van der Waals surface area contributed by atoms with Crippen molar-refractivity contribution in [2.75, 3.05) is 39.8 Å². The van der Waals surface area contributed by atoms with Crippen LogP contribution in [0.2, 0.25) is 0 Å². The summed E-state index contributed by atoms with van der Waals surface area (Å²) in [7, 11) is 2.21. The number of benzene rings is 1. The van der Waals surface area contributed by atoms with Crippen LogP contribution in [0.1, 0.15) is 43.2 Å². The molecule has 0 bridgehead atoms. The zero-order valence-corrected chi connectivity index (χ0v) is 17.5. The molecule has 4 rings (SSSR count). The molecule has 3 fully saturated rings. The van der Waals surface area contributed by atoms with E-state index >= 15 is 0 Å². The molecular weight excluding hydrogens is 350 g/mol. The van der Waals surface area contributed by atoms with Crippen LogP contribution >= 0.6 is 0 Å². The van der Waals surface area contributed by atoms with Gasteiger partial charge >= 0.3 is 0 Å². The van der Waals surface area contributed by atoms with Gasteiger partial charge in [-0.05, 0) is 94.3 Å². The maximum Gasteiger partial charge on any atom is 0.227 e. The average Bonchev–Trinajstić information content (AvgIpc) is 3.28. The Balaban J connectivity index is 1.23. The van der Waals surface area contributed by atoms with Crippen molar-refractivity contribution in [1.82, 2.24) is 9.80 Å². The largest absolute Gasteiger partial charge is 0.494 e. The van der Waals surface area contributed by atoms with Crippen LogP contribution in [0.4, 0.5) is 0 Å². The lowest BCUT2D eigenvalue weighted by Gasteiger charge is -2.31. The Hall–Kier alpha value is -1.59. The molecule has 0 aromatic heterocycles. The first-order chi connectivity index (χ1) is 13.4. The molecule has 5 heteroatoms. The minimum Gasteiger partial charge on any atom is -0.494 e. The molecule has 1 amide bonds. The predicted molar refractivity (Wildman–Crippen MR) is 111 cm³/mol. The third-order valence-corrected chi connectivity index (χ3v) is 7.21. The third-order valence-electron chi connectivity index (χ3n) is 7.21. The monoisotopic (exact) mass is 385 g/mol. The van der Waals surface area contributed by atoms with E-state index < -0.39 is 0 Å². The van der Waals surface area contributed by atoms with E-state index in [-0.39, 0.29) is 11.4 Å². The second kappa shape index (κ2) is 8.03. The van der Waals surface area contributed by atoms with Gasteiger partial charge in [0.15, 0.2) is 0 Å². The lowest BCUT2D eigenvalue weighted by Crippen LogP contribution is -2.42. The number of likely N-dealkylation sites (tertiary alicyclic amines) is 2. The second-order valence-corrected chi connectivity index (χ2v) is 9.28. The van der Waals surface area contributed by atoms with Crippen LogP contribution in [0, 0.1) is 18.8 Å². The van der Waals surface area contributed by atoms with Gasteiger partial charge in [0.05, 0.1) is 13.0 Å². The summed E-state index contributed by atoms with van der Waals surface area (Å²) in [4.78, 5) is 16.5. The van der Waals surface area contributed by atoms with Gasteiger partial charge < -0.3 is 20.3 Å². The van der Waals surface area contributed by atoms with Crippen molar-refractivity contribution in [2.45, 2.75) is 51.0 Å². The highest BCUT2D eigenvalue weighted by molar-refractivity contribution is 5.79. The summed E-state index contributed by atoms with van der Waals surface area (Å²) in [5.74, 6) is 2.60. The number of nitrogens with zero attached hydrogens (tertiary/aromatic N) is 2. The summed E-state index contributed by atoms with van der Waals surface area (Å²) in [5.41, 5.74) is 8.86. The molecule has 2 atom stereocenters. The molecule has 3 aliphatic rings. The quantitative estimate of drug-likeness (QED) is 0.784. The van der Waals surface area contributed by atoms with Crippen LogP contribution < -0.4 is 10.5 Å². The van der Waals surface area contributed by atoms with Crippen LogP contribution in [-0.4, -0.2) is 61.1 Å². The highest BCUT2D eigenvalue weighted by Gasteiger charge is 2.54. The molecule has 2 saturated heterocycles. The number of carbonyl (C=O) groups excluding carboxylic acids is 1. The van der Waals surface area contributed by atoms with E-state index in [1.165, 1.54) is 25.9 Å². The lowest BCUT2D eigenvalue weighted by atomic mass is 9.89. The average molecular weight is 386 g/mol. The molecule has 1 aromatic carbocycles. The fraction of sp³-hybridized carbons (Fsp3) is 0.696. The molecule has 1 saturated carbocycles. The van der Waals surface area contributed by atoms with Gasteiger partial charge in [-0.2, -0.15) is 0 Å². The van der Waals surface area contributed by atoms with E-state index in [1.807, 2.05) is 17.0 Å². The highest BCUT2D eigenvalue weighted by Crippen LogP contribution is 2.51. The minimum absolute atomic E-state index is 0.0147. The summed E-state index contributed by atoms with van der Waals surface area (Å²) in [6, 6.07) is 6.10. The number of rotatable bonds is 7. The van der Waals surface area contributed by atoms with Crippen molar-refractivity contribution in [3.05, 3.63) is 29.3 Å². The van der Waals surface area contributed by atoms with Crippen molar-refractivity contribution in [1.29, 1.82) is 0 Å². The maximum absolute atomic E-state index is 12.2. The van der Waals surface area contributed by atoms with E-state index in [4.69, 9.17) is 10.5 Å². The Bertz CT molecular complexity index is 710. The Morgan fingerprint density at radius 2 is 2.00 bits per heavy atom. The van der Waals surface area contributed by atoms with Crippen LogP contribution in [0.15, 0.2) is 18.2 Å². The molecule has 0 radical (unpaired) electrons. The Morgan fingerprint density at radius 3 is 2.64 bits per heavy atom. The second-order valence-electron chi connectivity index (χ2n) is 9.28. The van der Waals surface area contributed by atoms with Gasteiger partial charge in [0, 0.05) is 18.6 Å². The van der Waals surface area contributed by atoms with Crippen LogP contribution in [0.3, 0.4) is 0 Å². The standard InChI is InChI=1S/C23H35N3O2/c1-17-14-20(5-4-19(17)15-22(27)26-9-3-10-26)28-13-8-23(24)16-21(23)18-6-11-25(2)12-7-18/h4-5,14,18,21H,3,6-13,15-16,24H2,1-2H3. The number of amides is 1. The van der Waals surface area contributed by atoms with Crippen LogP contribution in [-0.2, 0) is 11.2 Å². The SMILES string of the molecule is Cc1cc(OCCC2(N)CC2C2CCN(C)CC2)ccc1CC(=O)N1CCC1. The fourth-order valence-corrected chi connectivity index (χ4v) is 4.86. The number of hydrogen-bond donors (Lipinski definition) is 1. The fourth-order valence-electron chi connectivity index (χ4n) is 4.86.